The van der Waals surface area contributed by atoms with E-state index in [1.807, 2.05) is 13.8 Å². The summed E-state index contributed by atoms with van der Waals surface area (Å²) >= 11 is 0. The number of allylic oxidation sites excluding steroid dienone is 1. The van der Waals surface area contributed by atoms with Crippen molar-refractivity contribution >= 4 is 5.97 Å². The van der Waals surface area contributed by atoms with Crippen molar-refractivity contribution < 1.29 is 9.53 Å². The molecule has 1 heterocycles. The molecule has 124 valence electrons. The number of carbonyl (C=O) groups excluding carboxylic acids is 1. The number of nitrogens with zero attached hydrogens (tertiary/aromatic N) is 2. The Morgan fingerprint density at radius 1 is 1.30 bits per heavy atom. The van der Waals surface area contributed by atoms with Gasteiger partial charge in [0.05, 0.1) is 13.0 Å². The zero-order chi connectivity index (χ0) is 16.6. The average Bonchev–Trinajstić information content (AvgIpc) is 2.51. The van der Waals surface area contributed by atoms with Gasteiger partial charge in [-0.2, -0.15) is 0 Å². The van der Waals surface area contributed by atoms with Crippen LogP contribution in [0.15, 0.2) is 18.0 Å². The Kier molecular flexibility index (Phi) is 4.26. The van der Waals surface area contributed by atoms with E-state index in [-0.39, 0.29) is 12.4 Å². The lowest BCUT2D eigenvalue weighted by Gasteiger charge is -2.56. The van der Waals surface area contributed by atoms with Gasteiger partial charge in [0.15, 0.2) is 0 Å². The Morgan fingerprint density at radius 2 is 2.00 bits per heavy atom. The zero-order valence-corrected chi connectivity index (χ0v) is 14.6. The van der Waals surface area contributed by atoms with Gasteiger partial charge in [0.1, 0.15) is 6.33 Å². The minimum Gasteiger partial charge on any atom is -0.465 e. The summed E-state index contributed by atoms with van der Waals surface area (Å²) in [6.07, 6.45) is 7.53. The molecule has 2 bridgehead atoms. The number of aromatic nitrogens is 2. The Labute approximate surface area is 138 Å². The molecule has 0 aliphatic heterocycles. The monoisotopic (exact) mass is 314 g/mol. The van der Waals surface area contributed by atoms with Crippen LogP contribution >= 0.6 is 0 Å². The molecule has 2 atom stereocenters. The molecule has 1 aromatic heterocycles. The second kappa shape index (κ2) is 6.06. The molecule has 0 aromatic carbocycles. The molecule has 0 unspecified atom stereocenters. The maximum Gasteiger partial charge on any atom is 0.310 e. The minimum atomic E-state index is -0.187. The summed E-state index contributed by atoms with van der Waals surface area (Å²) in [4.78, 5) is 20.4. The predicted octanol–water partition coefficient (Wildman–Crippen LogP) is 3.56. The Balaban J connectivity index is 1.50. The molecule has 0 saturated heterocycles. The quantitative estimate of drug-likeness (QED) is 0.616. The van der Waals surface area contributed by atoms with Crippen molar-refractivity contribution in [2.45, 2.75) is 53.4 Å². The number of carbonyl (C=O) groups is 1. The maximum atomic E-state index is 12.1. The molecule has 0 N–H and O–H groups in total. The molecule has 4 nitrogen and oxygen atoms in total. The Hall–Kier alpha value is -1.71. The van der Waals surface area contributed by atoms with Gasteiger partial charge in [0, 0.05) is 23.4 Å². The highest BCUT2D eigenvalue weighted by atomic mass is 16.5. The van der Waals surface area contributed by atoms with Gasteiger partial charge in [-0.3, -0.25) is 4.79 Å². The van der Waals surface area contributed by atoms with Crippen molar-refractivity contribution in [3.63, 3.8) is 0 Å². The molecule has 1 aromatic rings. The summed E-state index contributed by atoms with van der Waals surface area (Å²) in [6.45, 7) is 9.02. The average molecular weight is 314 g/mol. The van der Waals surface area contributed by atoms with E-state index in [1.54, 1.807) is 0 Å². The van der Waals surface area contributed by atoms with Crippen LogP contribution in [0.4, 0.5) is 0 Å². The number of fused-ring (bicyclic) bond motifs is 1. The van der Waals surface area contributed by atoms with E-state index < -0.39 is 0 Å². The molecule has 1 fully saturated rings. The van der Waals surface area contributed by atoms with E-state index >= 15 is 0 Å². The molecule has 0 spiro atoms. The maximum absolute atomic E-state index is 12.1. The van der Waals surface area contributed by atoms with Crippen LogP contribution in [0.1, 0.15) is 50.1 Å². The third-order valence-electron chi connectivity index (χ3n) is 5.93. The van der Waals surface area contributed by atoms with Crippen molar-refractivity contribution in [3.05, 3.63) is 34.9 Å². The standard InChI is InChI=1S/C19H26N2O2/c1-12-16(13(2)21-11-20-12)10-18(22)23-8-7-14-5-6-15-9-17(14)19(15,3)4/h5,11,15,17H,6-10H2,1-4H3/t15-,17-/m0/s1. The van der Waals surface area contributed by atoms with Crippen LogP contribution in [-0.2, 0) is 16.0 Å². The fraction of sp³-hybridized carbons (Fsp3) is 0.632. The van der Waals surface area contributed by atoms with E-state index in [0.717, 1.165) is 29.3 Å². The molecule has 0 radical (unpaired) electrons. The summed E-state index contributed by atoms with van der Waals surface area (Å²) in [5.41, 5.74) is 4.51. The van der Waals surface area contributed by atoms with Crippen molar-refractivity contribution in [1.82, 2.24) is 9.97 Å². The van der Waals surface area contributed by atoms with Crippen LogP contribution in [0.3, 0.4) is 0 Å². The van der Waals surface area contributed by atoms with E-state index in [2.05, 4.69) is 29.9 Å². The number of hydrogen-bond acceptors (Lipinski definition) is 4. The van der Waals surface area contributed by atoms with Gasteiger partial charge in [-0.1, -0.05) is 25.5 Å². The third-order valence-corrected chi connectivity index (χ3v) is 5.93. The lowest BCUT2D eigenvalue weighted by Crippen LogP contribution is -2.48. The molecule has 3 aliphatic rings. The number of aryl methyl sites for hydroxylation is 2. The first kappa shape index (κ1) is 16.2. The lowest BCUT2D eigenvalue weighted by molar-refractivity contribution is -0.142. The van der Waals surface area contributed by atoms with Crippen LogP contribution in [-0.4, -0.2) is 22.5 Å². The fourth-order valence-corrected chi connectivity index (χ4v) is 4.11. The fourth-order valence-electron chi connectivity index (χ4n) is 4.11. The Bertz CT molecular complexity index is 629. The summed E-state index contributed by atoms with van der Waals surface area (Å²) in [6, 6.07) is 0. The van der Waals surface area contributed by atoms with Gasteiger partial charge in [0.2, 0.25) is 0 Å². The predicted molar refractivity (Wildman–Crippen MR) is 88.9 cm³/mol. The summed E-state index contributed by atoms with van der Waals surface area (Å²) in [5.74, 6) is 1.35. The number of hydrogen-bond donors (Lipinski definition) is 0. The van der Waals surface area contributed by atoms with Crippen molar-refractivity contribution in [2.24, 2.45) is 17.3 Å². The smallest absolute Gasteiger partial charge is 0.310 e. The van der Waals surface area contributed by atoms with Gasteiger partial charge < -0.3 is 4.74 Å². The first-order valence-corrected chi connectivity index (χ1v) is 8.51. The van der Waals surface area contributed by atoms with Crippen molar-refractivity contribution in [2.75, 3.05) is 6.61 Å². The van der Waals surface area contributed by atoms with Gasteiger partial charge in [-0.15, -0.1) is 0 Å². The molecule has 4 heteroatoms. The Morgan fingerprint density at radius 3 is 2.61 bits per heavy atom. The summed E-state index contributed by atoms with van der Waals surface area (Å²) < 4.78 is 5.46. The molecule has 1 saturated carbocycles. The first-order chi connectivity index (χ1) is 10.9. The zero-order valence-electron chi connectivity index (χ0n) is 14.6. The topological polar surface area (TPSA) is 52.1 Å². The van der Waals surface area contributed by atoms with Crippen LogP contribution in [0.5, 0.6) is 0 Å². The SMILES string of the molecule is Cc1ncnc(C)c1CC(=O)OCCC1=CC[C@H]2C[C@@H]1C2(C)C. The summed E-state index contributed by atoms with van der Waals surface area (Å²) in [5, 5.41) is 0. The van der Waals surface area contributed by atoms with E-state index in [9.17, 15) is 4.79 Å². The van der Waals surface area contributed by atoms with E-state index in [0.29, 0.717) is 17.9 Å². The largest absolute Gasteiger partial charge is 0.465 e. The molecular formula is C19H26N2O2. The lowest BCUT2D eigenvalue weighted by atomic mass is 9.48. The normalized spacial score (nSPS) is 24.6. The van der Waals surface area contributed by atoms with Gasteiger partial charge in [0.25, 0.3) is 0 Å². The van der Waals surface area contributed by atoms with Crippen LogP contribution < -0.4 is 0 Å². The van der Waals surface area contributed by atoms with Crippen LogP contribution in [0, 0.1) is 31.1 Å². The second-order valence-corrected chi connectivity index (χ2v) is 7.49. The first-order valence-electron chi connectivity index (χ1n) is 8.51. The van der Waals surface area contributed by atoms with Crippen molar-refractivity contribution in [1.29, 1.82) is 0 Å². The summed E-state index contributed by atoms with van der Waals surface area (Å²) in [7, 11) is 0. The molecule has 4 rings (SSSR count). The number of ether oxygens (including phenoxy) is 1. The number of rotatable bonds is 5. The highest BCUT2D eigenvalue weighted by molar-refractivity contribution is 5.73. The van der Waals surface area contributed by atoms with Crippen molar-refractivity contribution in [3.8, 4) is 0 Å². The van der Waals surface area contributed by atoms with E-state index in [4.69, 9.17) is 4.74 Å². The van der Waals surface area contributed by atoms with E-state index in [1.165, 1.54) is 24.7 Å². The molecular weight excluding hydrogens is 288 g/mol. The molecule has 0 amide bonds. The molecule has 3 aliphatic carbocycles. The van der Waals surface area contributed by atoms with Gasteiger partial charge in [-0.05, 0) is 43.9 Å². The third kappa shape index (κ3) is 3.04. The molecule has 23 heavy (non-hydrogen) atoms. The highest BCUT2D eigenvalue weighted by Gasteiger charge is 2.50. The minimum absolute atomic E-state index is 0.187. The number of esters is 1. The van der Waals surface area contributed by atoms with Gasteiger partial charge >= 0.3 is 5.97 Å². The van der Waals surface area contributed by atoms with Gasteiger partial charge in [-0.25, -0.2) is 9.97 Å². The van der Waals surface area contributed by atoms with Crippen LogP contribution in [0.25, 0.3) is 0 Å². The van der Waals surface area contributed by atoms with Crippen LogP contribution in [0.2, 0.25) is 0 Å². The second-order valence-electron chi connectivity index (χ2n) is 7.49. The highest BCUT2D eigenvalue weighted by Crippen LogP contribution is 2.59.